The summed E-state index contributed by atoms with van der Waals surface area (Å²) >= 11 is 0. The molecule has 0 spiro atoms. The molecule has 3 unspecified atom stereocenters. The van der Waals surface area contributed by atoms with Gasteiger partial charge in [-0.05, 0) is 38.0 Å². The van der Waals surface area contributed by atoms with Gasteiger partial charge in [-0.3, -0.25) is 9.48 Å². The zero-order chi connectivity index (χ0) is 11.7. The molecule has 16 heavy (non-hydrogen) atoms. The van der Waals surface area contributed by atoms with Crippen LogP contribution < -0.4 is 0 Å². The fourth-order valence-electron chi connectivity index (χ4n) is 2.48. The zero-order valence-electron chi connectivity index (χ0n) is 10.3. The number of hydrogen-bond acceptors (Lipinski definition) is 2. The minimum Gasteiger partial charge on any atom is -0.294 e. The number of rotatable bonds is 2. The summed E-state index contributed by atoms with van der Waals surface area (Å²) in [6, 6.07) is 0.485. The van der Waals surface area contributed by atoms with E-state index in [2.05, 4.69) is 18.9 Å². The SMILES string of the molecule is CC(=O)c1cnn(C2CCC(C)C(C)C2)c1. The van der Waals surface area contributed by atoms with Crippen molar-refractivity contribution in [2.24, 2.45) is 11.8 Å². The smallest absolute Gasteiger partial charge is 0.162 e. The third-order valence-corrected chi connectivity index (χ3v) is 3.95. The van der Waals surface area contributed by atoms with Gasteiger partial charge >= 0.3 is 0 Å². The molecule has 3 nitrogen and oxygen atoms in total. The summed E-state index contributed by atoms with van der Waals surface area (Å²) in [5.41, 5.74) is 0.728. The average molecular weight is 220 g/mol. The first-order valence-electron chi connectivity index (χ1n) is 6.13. The molecule has 1 aromatic rings. The van der Waals surface area contributed by atoms with E-state index in [1.165, 1.54) is 19.3 Å². The van der Waals surface area contributed by atoms with Crippen LogP contribution in [0.25, 0.3) is 0 Å². The van der Waals surface area contributed by atoms with Crippen LogP contribution in [0, 0.1) is 11.8 Å². The topological polar surface area (TPSA) is 34.9 Å². The van der Waals surface area contributed by atoms with Crippen LogP contribution in [0.2, 0.25) is 0 Å². The van der Waals surface area contributed by atoms with Crippen LogP contribution in [0.5, 0.6) is 0 Å². The third kappa shape index (κ3) is 2.18. The summed E-state index contributed by atoms with van der Waals surface area (Å²) in [5.74, 6) is 1.67. The molecule has 88 valence electrons. The third-order valence-electron chi connectivity index (χ3n) is 3.95. The molecule has 1 saturated carbocycles. The van der Waals surface area contributed by atoms with E-state index in [1.807, 2.05) is 10.9 Å². The van der Waals surface area contributed by atoms with E-state index in [0.717, 1.165) is 17.4 Å². The largest absolute Gasteiger partial charge is 0.294 e. The highest BCUT2D eigenvalue weighted by Gasteiger charge is 2.26. The second-order valence-corrected chi connectivity index (χ2v) is 5.19. The molecule has 3 heteroatoms. The Kier molecular flexibility index (Phi) is 3.13. The van der Waals surface area contributed by atoms with Crippen LogP contribution in [0.4, 0.5) is 0 Å². The molecule has 2 rings (SSSR count). The number of carbonyl (C=O) groups excluding carboxylic acids is 1. The van der Waals surface area contributed by atoms with Crippen molar-refractivity contribution < 1.29 is 4.79 Å². The lowest BCUT2D eigenvalue weighted by molar-refractivity contribution is 0.101. The van der Waals surface area contributed by atoms with Gasteiger partial charge in [0.15, 0.2) is 5.78 Å². The Labute approximate surface area is 96.8 Å². The van der Waals surface area contributed by atoms with E-state index in [4.69, 9.17) is 0 Å². The van der Waals surface area contributed by atoms with Gasteiger partial charge in [0.1, 0.15) is 0 Å². The molecule has 1 aromatic heterocycles. The summed E-state index contributed by atoms with van der Waals surface area (Å²) < 4.78 is 1.99. The maximum atomic E-state index is 11.2. The first-order chi connectivity index (χ1) is 7.58. The molecule has 0 N–H and O–H groups in total. The van der Waals surface area contributed by atoms with Crippen LogP contribution in [-0.4, -0.2) is 15.6 Å². The Bertz CT molecular complexity index is 383. The fourth-order valence-corrected chi connectivity index (χ4v) is 2.48. The van der Waals surface area contributed by atoms with Gasteiger partial charge in [0, 0.05) is 6.20 Å². The van der Waals surface area contributed by atoms with Crippen LogP contribution in [-0.2, 0) is 0 Å². The fraction of sp³-hybridized carbons (Fsp3) is 0.692. The summed E-state index contributed by atoms with van der Waals surface area (Å²) in [5, 5.41) is 4.32. The van der Waals surface area contributed by atoms with Crippen molar-refractivity contribution in [3.63, 3.8) is 0 Å². The van der Waals surface area contributed by atoms with E-state index in [1.54, 1.807) is 13.1 Å². The van der Waals surface area contributed by atoms with Crippen molar-refractivity contribution in [2.75, 3.05) is 0 Å². The minimum atomic E-state index is 0.100. The maximum Gasteiger partial charge on any atom is 0.162 e. The highest BCUT2D eigenvalue weighted by molar-refractivity contribution is 5.93. The maximum absolute atomic E-state index is 11.2. The molecule has 0 aromatic carbocycles. The zero-order valence-corrected chi connectivity index (χ0v) is 10.3. The van der Waals surface area contributed by atoms with Crippen molar-refractivity contribution in [1.29, 1.82) is 0 Å². The Morgan fingerprint density at radius 2 is 2.12 bits per heavy atom. The predicted octanol–water partition coefficient (Wildman–Crippen LogP) is 3.08. The van der Waals surface area contributed by atoms with Crippen molar-refractivity contribution in [3.05, 3.63) is 18.0 Å². The lowest BCUT2D eigenvalue weighted by atomic mass is 9.79. The molecule has 1 aliphatic rings. The number of aromatic nitrogens is 2. The van der Waals surface area contributed by atoms with Gasteiger partial charge in [0.05, 0.1) is 17.8 Å². The summed E-state index contributed by atoms with van der Waals surface area (Å²) in [7, 11) is 0. The van der Waals surface area contributed by atoms with Crippen molar-refractivity contribution >= 4 is 5.78 Å². The van der Waals surface area contributed by atoms with Crippen LogP contribution in [0.3, 0.4) is 0 Å². The minimum absolute atomic E-state index is 0.100. The molecule has 0 saturated heterocycles. The number of ketones is 1. The van der Waals surface area contributed by atoms with E-state index in [0.29, 0.717) is 6.04 Å². The molecule has 0 aliphatic heterocycles. The second kappa shape index (κ2) is 4.40. The summed E-state index contributed by atoms with van der Waals surface area (Å²) in [6.45, 7) is 6.23. The molecule has 1 fully saturated rings. The van der Waals surface area contributed by atoms with Gasteiger partial charge in [0.25, 0.3) is 0 Å². The summed E-state index contributed by atoms with van der Waals surface area (Å²) in [4.78, 5) is 11.2. The molecule has 0 bridgehead atoms. The highest BCUT2D eigenvalue weighted by atomic mass is 16.1. The average Bonchev–Trinajstić information content (AvgIpc) is 2.71. The Morgan fingerprint density at radius 3 is 2.69 bits per heavy atom. The molecule has 1 aliphatic carbocycles. The van der Waals surface area contributed by atoms with Crippen LogP contribution in [0.1, 0.15) is 56.4 Å². The van der Waals surface area contributed by atoms with Crippen molar-refractivity contribution in [2.45, 2.75) is 46.1 Å². The molecule has 1 heterocycles. The van der Waals surface area contributed by atoms with Crippen molar-refractivity contribution in [1.82, 2.24) is 9.78 Å². The molecule has 0 radical (unpaired) electrons. The molecule has 0 amide bonds. The lowest BCUT2D eigenvalue weighted by Gasteiger charge is -2.32. The quantitative estimate of drug-likeness (QED) is 0.718. The lowest BCUT2D eigenvalue weighted by Crippen LogP contribution is -2.23. The van der Waals surface area contributed by atoms with E-state index in [-0.39, 0.29) is 5.78 Å². The van der Waals surface area contributed by atoms with Gasteiger partial charge in [0.2, 0.25) is 0 Å². The van der Waals surface area contributed by atoms with E-state index >= 15 is 0 Å². The molecular formula is C13H20N2O. The van der Waals surface area contributed by atoms with E-state index in [9.17, 15) is 4.79 Å². The first-order valence-corrected chi connectivity index (χ1v) is 6.13. The van der Waals surface area contributed by atoms with Crippen LogP contribution >= 0.6 is 0 Å². The van der Waals surface area contributed by atoms with Crippen molar-refractivity contribution in [3.8, 4) is 0 Å². The number of nitrogens with zero attached hydrogens (tertiary/aromatic N) is 2. The number of Topliss-reactive ketones (excluding diaryl/α,β-unsaturated/α-hetero) is 1. The van der Waals surface area contributed by atoms with Gasteiger partial charge in [-0.2, -0.15) is 5.10 Å². The Hall–Kier alpha value is -1.12. The number of hydrogen-bond donors (Lipinski definition) is 0. The van der Waals surface area contributed by atoms with E-state index < -0.39 is 0 Å². The van der Waals surface area contributed by atoms with Gasteiger partial charge in [-0.1, -0.05) is 13.8 Å². The van der Waals surface area contributed by atoms with Gasteiger partial charge in [-0.25, -0.2) is 0 Å². The second-order valence-electron chi connectivity index (χ2n) is 5.19. The van der Waals surface area contributed by atoms with Gasteiger partial charge in [-0.15, -0.1) is 0 Å². The Morgan fingerprint density at radius 1 is 1.38 bits per heavy atom. The normalized spacial score (nSPS) is 30.3. The first kappa shape index (κ1) is 11.4. The number of carbonyl (C=O) groups is 1. The Balaban J connectivity index is 2.09. The summed E-state index contributed by atoms with van der Waals surface area (Å²) in [6.07, 6.45) is 7.21. The highest BCUT2D eigenvalue weighted by Crippen LogP contribution is 2.35. The standard InChI is InChI=1S/C13H20N2O/c1-9-4-5-13(6-10(9)2)15-8-12(7-14-15)11(3)16/h7-10,13H,4-6H2,1-3H3. The predicted molar refractivity (Wildman–Crippen MR) is 63.4 cm³/mol. The van der Waals surface area contributed by atoms with Gasteiger partial charge < -0.3 is 0 Å². The monoisotopic (exact) mass is 220 g/mol. The molecule has 3 atom stereocenters. The molecular weight excluding hydrogens is 200 g/mol. The van der Waals surface area contributed by atoms with Crippen LogP contribution in [0.15, 0.2) is 12.4 Å².